The summed E-state index contributed by atoms with van der Waals surface area (Å²) in [6.45, 7) is 0. The second-order valence-electron chi connectivity index (χ2n) is 1.86. The molecule has 10 heavy (non-hydrogen) atoms. The van der Waals surface area contributed by atoms with Gasteiger partial charge in [-0.25, -0.2) is 0 Å². The van der Waals surface area contributed by atoms with Crippen LogP contribution in [0.3, 0.4) is 0 Å². The van der Waals surface area contributed by atoms with E-state index in [2.05, 4.69) is 4.98 Å². The van der Waals surface area contributed by atoms with E-state index in [1.165, 1.54) is 0 Å². The van der Waals surface area contributed by atoms with Gasteiger partial charge in [-0.2, -0.15) is 0 Å². The van der Waals surface area contributed by atoms with Gasteiger partial charge in [-0.05, 0) is 12.1 Å². The fourth-order valence-corrected chi connectivity index (χ4v) is 0.705. The lowest BCUT2D eigenvalue weighted by atomic mass is 10.3. The molecule has 0 atom stereocenters. The van der Waals surface area contributed by atoms with Gasteiger partial charge in [0.2, 0.25) is 0 Å². The van der Waals surface area contributed by atoms with E-state index in [1.807, 2.05) is 0 Å². The first-order valence-electron chi connectivity index (χ1n) is 2.73. The standard InChI is InChI=1S/C6H7N3S/c7-6(8)4-1-2-5(10)9-3-4/h1-3H,(H3,7,8)(H,9,10). The second kappa shape index (κ2) is 2.62. The predicted molar refractivity (Wildman–Crippen MR) is 42.6 cm³/mol. The Labute approximate surface area is 63.4 Å². The third kappa shape index (κ3) is 1.41. The zero-order chi connectivity index (χ0) is 7.56. The summed E-state index contributed by atoms with van der Waals surface area (Å²) in [5.41, 5.74) is 5.85. The Hall–Kier alpha value is -1.16. The van der Waals surface area contributed by atoms with Crippen molar-refractivity contribution >= 4 is 18.1 Å². The SMILES string of the molecule is N=C(N)c1ccc(=S)[nH]c1. The predicted octanol–water partition coefficient (Wildman–Crippen LogP) is 1.03. The number of H-pyrrole nitrogens is 1. The van der Waals surface area contributed by atoms with Crippen molar-refractivity contribution in [2.75, 3.05) is 0 Å². The van der Waals surface area contributed by atoms with Crippen LogP contribution in [0, 0.1) is 10.0 Å². The molecule has 0 radical (unpaired) electrons. The topological polar surface area (TPSA) is 65.7 Å². The highest BCUT2D eigenvalue weighted by molar-refractivity contribution is 7.71. The molecule has 3 nitrogen and oxygen atoms in total. The van der Waals surface area contributed by atoms with Crippen LogP contribution in [-0.4, -0.2) is 10.8 Å². The van der Waals surface area contributed by atoms with Gasteiger partial charge in [0.15, 0.2) is 0 Å². The van der Waals surface area contributed by atoms with Crippen LogP contribution in [0.4, 0.5) is 0 Å². The van der Waals surface area contributed by atoms with Crippen LogP contribution in [0.25, 0.3) is 0 Å². The molecule has 0 saturated carbocycles. The summed E-state index contributed by atoms with van der Waals surface area (Å²) in [6, 6.07) is 3.41. The molecule has 0 saturated heterocycles. The Bertz CT molecular complexity index is 282. The molecule has 52 valence electrons. The monoisotopic (exact) mass is 153 g/mol. The maximum Gasteiger partial charge on any atom is 0.124 e. The molecule has 0 bridgehead atoms. The summed E-state index contributed by atoms with van der Waals surface area (Å²) in [7, 11) is 0. The minimum atomic E-state index is 0.0475. The van der Waals surface area contributed by atoms with Crippen molar-refractivity contribution in [3.05, 3.63) is 28.5 Å². The van der Waals surface area contributed by atoms with Crippen molar-refractivity contribution in [2.24, 2.45) is 5.73 Å². The number of hydrogen-bond donors (Lipinski definition) is 3. The van der Waals surface area contributed by atoms with Crippen LogP contribution in [0.2, 0.25) is 0 Å². The van der Waals surface area contributed by atoms with Crippen LogP contribution >= 0.6 is 12.2 Å². The lowest BCUT2D eigenvalue weighted by Crippen LogP contribution is -2.10. The van der Waals surface area contributed by atoms with Gasteiger partial charge in [-0.15, -0.1) is 0 Å². The van der Waals surface area contributed by atoms with Gasteiger partial charge < -0.3 is 10.7 Å². The molecule has 1 aromatic rings. The van der Waals surface area contributed by atoms with E-state index < -0.39 is 0 Å². The highest BCUT2D eigenvalue weighted by Gasteiger charge is 1.91. The molecule has 1 rings (SSSR count). The zero-order valence-corrected chi connectivity index (χ0v) is 6.03. The molecular formula is C6H7N3S. The molecular weight excluding hydrogens is 146 g/mol. The molecule has 0 amide bonds. The average Bonchev–Trinajstić information content (AvgIpc) is 1.88. The molecule has 1 heterocycles. The van der Waals surface area contributed by atoms with Crippen LogP contribution in [0.15, 0.2) is 18.3 Å². The van der Waals surface area contributed by atoms with Crippen molar-refractivity contribution in [2.45, 2.75) is 0 Å². The number of nitrogen functional groups attached to an aromatic ring is 1. The van der Waals surface area contributed by atoms with Gasteiger partial charge >= 0.3 is 0 Å². The Morgan fingerprint density at radius 1 is 1.60 bits per heavy atom. The van der Waals surface area contributed by atoms with Gasteiger partial charge in [0.05, 0.1) is 0 Å². The molecule has 4 N–H and O–H groups in total. The summed E-state index contributed by atoms with van der Waals surface area (Å²) in [5, 5.41) is 7.03. The van der Waals surface area contributed by atoms with Crippen LogP contribution < -0.4 is 5.73 Å². The summed E-state index contributed by atoms with van der Waals surface area (Å²) >= 11 is 4.79. The minimum absolute atomic E-state index is 0.0475. The fourth-order valence-electron chi connectivity index (χ4n) is 0.578. The maximum absolute atomic E-state index is 7.03. The zero-order valence-electron chi connectivity index (χ0n) is 5.22. The van der Waals surface area contributed by atoms with Crippen LogP contribution in [-0.2, 0) is 0 Å². The first-order valence-corrected chi connectivity index (χ1v) is 3.14. The number of pyridine rings is 1. The first-order chi connectivity index (χ1) is 4.70. The Balaban J connectivity index is 3.12. The number of nitrogens with two attached hydrogens (primary N) is 1. The van der Waals surface area contributed by atoms with Gasteiger partial charge in [0.1, 0.15) is 10.5 Å². The highest BCUT2D eigenvalue weighted by atomic mass is 32.1. The van der Waals surface area contributed by atoms with Crippen molar-refractivity contribution in [3.63, 3.8) is 0 Å². The Kier molecular flexibility index (Phi) is 1.82. The number of aromatic amines is 1. The minimum Gasteiger partial charge on any atom is -0.384 e. The largest absolute Gasteiger partial charge is 0.384 e. The van der Waals surface area contributed by atoms with Crippen molar-refractivity contribution in [3.8, 4) is 0 Å². The van der Waals surface area contributed by atoms with E-state index in [-0.39, 0.29) is 5.84 Å². The average molecular weight is 153 g/mol. The Morgan fingerprint density at radius 3 is 2.70 bits per heavy atom. The van der Waals surface area contributed by atoms with Crippen molar-refractivity contribution in [1.29, 1.82) is 5.41 Å². The number of rotatable bonds is 1. The molecule has 1 aromatic heterocycles. The maximum atomic E-state index is 7.03. The third-order valence-corrected chi connectivity index (χ3v) is 1.35. The normalized spacial score (nSPS) is 9.20. The van der Waals surface area contributed by atoms with Gasteiger partial charge in [0, 0.05) is 11.8 Å². The number of nitrogens with one attached hydrogen (secondary N) is 2. The van der Waals surface area contributed by atoms with Crippen LogP contribution in [0.5, 0.6) is 0 Å². The first kappa shape index (κ1) is 6.95. The van der Waals surface area contributed by atoms with E-state index in [0.717, 1.165) is 0 Å². The second-order valence-corrected chi connectivity index (χ2v) is 2.30. The highest BCUT2D eigenvalue weighted by Crippen LogP contribution is 1.93. The molecule has 0 aliphatic heterocycles. The summed E-state index contributed by atoms with van der Waals surface area (Å²) < 4.78 is 0.644. The fraction of sp³-hybridized carbons (Fsp3) is 0. The molecule has 0 aromatic carbocycles. The van der Waals surface area contributed by atoms with E-state index in [0.29, 0.717) is 10.2 Å². The van der Waals surface area contributed by atoms with E-state index in [9.17, 15) is 0 Å². The summed E-state index contributed by atoms with van der Waals surface area (Å²) in [4.78, 5) is 2.78. The quantitative estimate of drug-likeness (QED) is 0.320. The molecule has 0 spiro atoms. The number of hydrogen-bond acceptors (Lipinski definition) is 2. The molecule has 0 fully saturated rings. The van der Waals surface area contributed by atoms with E-state index in [1.54, 1.807) is 18.3 Å². The smallest absolute Gasteiger partial charge is 0.124 e. The molecule has 0 aliphatic carbocycles. The van der Waals surface area contributed by atoms with Gasteiger partial charge in [-0.3, -0.25) is 5.41 Å². The van der Waals surface area contributed by atoms with Gasteiger partial charge in [0.25, 0.3) is 0 Å². The van der Waals surface area contributed by atoms with E-state index in [4.69, 9.17) is 23.4 Å². The number of aromatic nitrogens is 1. The Morgan fingerprint density at radius 2 is 2.30 bits per heavy atom. The van der Waals surface area contributed by atoms with Crippen molar-refractivity contribution < 1.29 is 0 Å². The lowest BCUT2D eigenvalue weighted by Gasteiger charge is -1.94. The molecule has 0 unspecified atom stereocenters. The molecule has 4 heteroatoms. The number of amidine groups is 1. The molecule has 0 aliphatic rings. The summed E-state index contributed by atoms with van der Waals surface area (Å²) in [6.07, 6.45) is 1.62. The summed E-state index contributed by atoms with van der Waals surface area (Å²) in [5.74, 6) is 0.0475. The van der Waals surface area contributed by atoms with Gasteiger partial charge in [-0.1, -0.05) is 12.2 Å². The lowest BCUT2D eigenvalue weighted by molar-refractivity contribution is 1.27. The third-order valence-electron chi connectivity index (χ3n) is 1.10. The van der Waals surface area contributed by atoms with Crippen LogP contribution in [0.1, 0.15) is 5.56 Å². The van der Waals surface area contributed by atoms with E-state index >= 15 is 0 Å². The van der Waals surface area contributed by atoms with Crippen molar-refractivity contribution in [1.82, 2.24) is 4.98 Å².